The molecule has 6 rings (SSSR count). The molecular formula is C27H28N6O. The average molecular weight is 453 g/mol. The average Bonchev–Trinajstić information content (AvgIpc) is 3.55. The van der Waals surface area contributed by atoms with Gasteiger partial charge in [0, 0.05) is 43.5 Å². The second-order valence-corrected chi connectivity index (χ2v) is 9.43. The number of pyridine rings is 2. The van der Waals surface area contributed by atoms with Crippen molar-refractivity contribution in [1.82, 2.24) is 30.0 Å². The summed E-state index contributed by atoms with van der Waals surface area (Å²) in [6.07, 6.45) is 4.94. The Bertz CT molecular complexity index is 1330. The minimum Gasteiger partial charge on any atom is -0.348 e. The van der Waals surface area contributed by atoms with Crippen LogP contribution in [-0.4, -0.2) is 49.7 Å². The third-order valence-electron chi connectivity index (χ3n) is 6.80. The molecule has 7 nitrogen and oxygen atoms in total. The Morgan fingerprint density at radius 2 is 1.91 bits per heavy atom. The maximum absolute atomic E-state index is 13.6. The van der Waals surface area contributed by atoms with Gasteiger partial charge in [0.25, 0.3) is 5.91 Å². The molecule has 0 radical (unpaired) electrons. The molecule has 1 saturated carbocycles. The Morgan fingerprint density at radius 3 is 2.68 bits per heavy atom. The number of carbonyl (C=O) groups excluding carboxylic acids is 1. The molecule has 1 aromatic carbocycles. The molecule has 34 heavy (non-hydrogen) atoms. The largest absolute Gasteiger partial charge is 0.348 e. The van der Waals surface area contributed by atoms with Crippen LogP contribution in [-0.2, 0) is 6.54 Å². The highest BCUT2D eigenvalue weighted by molar-refractivity contribution is 6.07. The van der Waals surface area contributed by atoms with Crippen molar-refractivity contribution in [3.05, 3.63) is 83.3 Å². The van der Waals surface area contributed by atoms with Gasteiger partial charge in [0.05, 0.1) is 16.6 Å². The second kappa shape index (κ2) is 8.65. The summed E-state index contributed by atoms with van der Waals surface area (Å²) in [5.74, 6) is 1.10. The molecule has 0 bridgehead atoms. The monoisotopic (exact) mass is 452 g/mol. The summed E-state index contributed by atoms with van der Waals surface area (Å²) in [6, 6.07) is 18.4. The number of aryl methyl sites for hydroxylation is 1. The first kappa shape index (κ1) is 21.0. The zero-order valence-electron chi connectivity index (χ0n) is 19.3. The van der Waals surface area contributed by atoms with E-state index in [1.165, 1.54) is 5.56 Å². The number of carbonyl (C=O) groups is 1. The van der Waals surface area contributed by atoms with E-state index in [2.05, 4.69) is 39.5 Å². The van der Waals surface area contributed by atoms with E-state index in [-0.39, 0.29) is 11.9 Å². The SMILES string of the molecule is Cc1nn(-c2ccccn2)c2nc(C3CC3)cc(C(=O)NC3CCN(Cc4ccccc4)C3)c12. The zero-order valence-corrected chi connectivity index (χ0v) is 19.3. The number of benzene rings is 1. The van der Waals surface area contributed by atoms with Crippen LogP contribution in [0.5, 0.6) is 0 Å². The second-order valence-electron chi connectivity index (χ2n) is 9.43. The molecule has 4 heterocycles. The van der Waals surface area contributed by atoms with Gasteiger partial charge >= 0.3 is 0 Å². The van der Waals surface area contributed by atoms with Crippen molar-refractivity contribution in [3.8, 4) is 5.82 Å². The van der Waals surface area contributed by atoms with Crippen LogP contribution in [0.25, 0.3) is 16.9 Å². The molecule has 2 fully saturated rings. The predicted molar refractivity (Wildman–Crippen MR) is 131 cm³/mol. The predicted octanol–water partition coefficient (Wildman–Crippen LogP) is 4.01. The van der Waals surface area contributed by atoms with Gasteiger partial charge < -0.3 is 5.32 Å². The number of rotatable bonds is 6. The lowest BCUT2D eigenvalue weighted by Gasteiger charge is -2.17. The van der Waals surface area contributed by atoms with E-state index in [4.69, 9.17) is 10.1 Å². The molecule has 1 atom stereocenters. The fraction of sp³-hybridized carbons (Fsp3) is 0.333. The summed E-state index contributed by atoms with van der Waals surface area (Å²) in [7, 11) is 0. The highest BCUT2D eigenvalue weighted by Crippen LogP contribution is 2.40. The maximum Gasteiger partial charge on any atom is 0.252 e. The van der Waals surface area contributed by atoms with Crippen LogP contribution >= 0.6 is 0 Å². The Labute approximate surface area is 198 Å². The van der Waals surface area contributed by atoms with E-state index in [0.717, 1.165) is 55.7 Å². The minimum absolute atomic E-state index is 0.0375. The van der Waals surface area contributed by atoms with Gasteiger partial charge in [-0.15, -0.1) is 0 Å². The Kier molecular flexibility index (Phi) is 5.34. The standard InChI is InChI=1S/C27H28N6O/c1-18-25-22(27(34)29-21-12-14-32(17-21)16-19-7-3-2-4-8-19)15-23(20-10-11-20)30-26(25)33(31-18)24-9-5-6-13-28-24/h2-9,13,15,20-21H,10-12,14,16-17H2,1H3,(H,29,34). The highest BCUT2D eigenvalue weighted by atomic mass is 16.1. The van der Waals surface area contributed by atoms with E-state index in [0.29, 0.717) is 22.9 Å². The van der Waals surface area contributed by atoms with Crippen molar-refractivity contribution in [3.63, 3.8) is 0 Å². The van der Waals surface area contributed by atoms with Gasteiger partial charge in [0.1, 0.15) is 0 Å². The van der Waals surface area contributed by atoms with Crippen LogP contribution in [0.4, 0.5) is 0 Å². The van der Waals surface area contributed by atoms with Gasteiger partial charge in [0.2, 0.25) is 0 Å². The third kappa shape index (κ3) is 4.07. The minimum atomic E-state index is -0.0375. The van der Waals surface area contributed by atoms with E-state index < -0.39 is 0 Å². The van der Waals surface area contributed by atoms with E-state index >= 15 is 0 Å². The van der Waals surface area contributed by atoms with Crippen molar-refractivity contribution in [2.75, 3.05) is 13.1 Å². The number of aromatic nitrogens is 4. The summed E-state index contributed by atoms with van der Waals surface area (Å²) >= 11 is 0. The summed E-state index contributed by atoms with van der Waals surface area (Å²) < 4.78 is 1.77. The lowest BCUT2D eigenvalue weighted by atomic mass is 10.1. The van der Waals surface area contributed by atoms with Gasteiger partial charge in [-0.2, -0.15) is 9.78 Å². The lowest BCUT2D eigenvalue weighted by molar-refractivity contribution is 0.0939. The van der Waals surface area contributed by atoms with E-state index in [1.807, 2.05) is 37.3 Å². The fourth-order valence-corrected chi connectivity index (χ4v) is 4.91. The maximum atomic E-state index is 13.6. The smallest absolute Gasteiger partial charge is 0.252 e. The van der Waals surface area contributed by atoms with Gasteiger partial charge in [-0.3, -0.25) is 9.69 Å². The first-order valence-electron chi connectivity index (χ1n) is 12.0. The normalized spacial score (nSPS) is 18.4. The Balaban J connectivity index is 1.28. The third-order valence-corrected chi connectivity index (χ3v) is 6.80. The molecule has 7 heteroatoms. The topological polar surface area (TPSA) is 75.9 Å². The number of likely N-dealkylation sites (tertiary alicyclic amines) is 1. The molecule has 3 aromatic heterocycles. The molecule has 2 aliphatic rings. The number of nitrogens with zero attached hydrogens (tertiary/aromatic N) is 5. The molecule has 1 unspecified atom stereocenters. The van der Waals surface area contributed by atoms with Crippen LogP contribution in [0.15, 0.2) is 60.8 Å². The molecule has 172 valence electrons. The van der Waals surface area contributed by atoms with Crippen molar-refractivity contribution in [1.29, 1.82) is 0 Å². The van der Waals surface area contributed by atoms with E-state index in [1.54, 1.807) is 10.9 Å². The molecule has 1 aliphatic heterocycles. The Hall–Kier alpha value is -3.58. The van der Waals surface area contributed by atoms with Crippen molar-refractivity contribution in [2.45, 2.75) is 44.7 Å². The molecule has 4 aromatic rings. The van der Waals surface area contributed by atoms with E-state index in [9.17, 15) is 4.79 Å². The number of hydrogen-bond donors (Lipinski definition) is 1. The molecule has 1 saturated heterocycles. The van der Waals surface area contributed by atoms with Crippen molar-refractivity contribution < 1.29 is 4.79 Å². The quantitative estimate of drug-likeness (QED) is 0.479. The molecule has 0 spiro atoms. The van der Waals surface area contributed by atoms with Crippen molar-refractivity contribution in [2.24, 2.45) is 0 Å². The number of fused-ring (bicyclic) bond motifs is 1. The first-order chi connectivity index (χ1) is 16.7. The van der Waals surface area contributed by atoms with Crippen LogP contribution in [0.2, 0.25) is 0 Å². The Morgan fingerprint density at radius 1 is 1.09 bits per heavy atom. The molecule has 1 N–H and O–H groups in total. The van der Waals surface area contributed by atoms with Gasteiger partial charge in [-0.1, -0.05) is 36.4 Å². The number of nitrogens with one attached hydrogen (secondary N) is 1. The number of amides is 1. The molecule has 1 aliphatic carbocycles. The first-order valence-corrected chi connectivity index (χ1v) is 12.0. The summed E-state index contributed by atoms with van der Waals surface area (Å²) in [6.45, 7) is 4.69. The number of hydrogen-bond acceptors (Lipinski definition) is 5. The van der Waals surface area contributed by atoms with Crippen molar-refractivity contribution >= 4 is 16.9 Å². The van der Waals surface area contributed by atoms with Crippen LogP contribution in [0, 0.1) is 6.92 Å². The highest BCUT2D eigenvalue weighted by Gasteiger charge is 2.30. The van der Waals surface area contributed by atoms with Crippen LogP contribution in [0.1, 0.15) is 52.5 Å². The van der Waals surface area contributed by atoms with Crippen LogP contribution in [0.3, 0.4) is 0 Å². The molecule has 1 amide bonds. The lowest BCUT2D eigenvalue weighted by Crippen LogP contribution is -2.37. The van der Waals surface area contributed by atoms with Gasteiger partial charge in [-0.05, 0) is 49.9 Å². The molecular weight excluding hydrogens is 424 g/mol. The zero-order chi connectivity index (χ0) is 23.1. The summed E-state index contributed by atoms with van der Waals surface area (Å²) in [5.41, 5.74) is 4.46. The van der Waals surface area contributed by atoms with Gasteiger partial charge in [-0.25, -0.2) is 9.97 Å². The van der Waals surface area contributed by atoms with Gasteiger partial charge in [0.15, 0.2) is 11.5 Å². The van der Waals surface area contributed by atoms with Crippen LogP contribution < -0.4 is 5.32 Å². The fourth-order valence-electron chi connectivity index (χ4n) is 4.91. The summed E-state index contributed by atoms with van der Waals surface area (Å²) in [5, 5.41) is 8.83. The summed E-state index contributed by atoms with van der Waals surface area (Å²) in [4.78, 5) is 25.4.